The molecule has 1 aliphatic rings. The molecule has 2 aromatic carbocycles. The van der Waals surface area contributed by atoms with Gasteiger partial charge in [0.2, 0.25) is 0 Å². The first-order chi connectivity index (χ1) is 10.3. The van der Waals surface area contributed by atoms with Crippen LogP contribution >= 0.6 is 0 Å². The molecule has 0 radical (unpaired) electrons. The number of benzene rings is 2. The highest BCUT2D eigenvalue weighted by Crippen LogP contribution is 2.21. The second-order valence-corrected chi connectivity index (χ2v) is 4.93. The Morgan fingerprint density at radius 3 is 2.86 bits per heavy atom. The van der Waals surface area contributed by atoms with Gasteiger partial charge >= 0.3 is 0 Å². The zero-order valence-electron chi connectivity index (χ0n) is 11.3. The predicted molar refractivity (Wildman–Crippen MR) is 80.4 cm³/mol. The van der Waals surface area contributed by atoms with Crippen LogP contribution in [0.25, 0.3) is 16.7 Å². The van der Waals surface area contributed by atoms with Gasteiger partial charge in [-0.1, -0.05) is 12.1 Å². The number of hydrogen-bond acceptors (Lipinski definition) is 3. The first kappa shape index (κ1) is 12.1. The molecule has 21 heavy (non-hydrogen) atoms. The summed E-state index contributed by atoms with van der Waals surface area (Å²) < 4.78 is 16.2. The Balaban J connectivity index is 1.82. The molecule has 1 aromatic heterocycles. The largest absolute Gasteiger partial charge is 0.368 e. The van der Waals surface area contributed by atoms with E-state index in [4.69, 9.17) is 0 Å². The topological polar surface area (TPSA) is 42.2 Å². The van der Waals surface area contributed by atoms with Crippen molar-refractivity contribution in [2.75, 3.05) is 13.1 Å². The highest BCUT2D eigenvalue weighted by Gasteiger charge is 2.13. The Morgan fingerprint density at radius 2 is 2.05 bits per heavy atom. The van der Waals surface area contributed by atoms with E-state index in [1.165, 1.54) is 6.07 Å². The van der Waals surface area contributed by atoms with E-state index in [0.29, 0.717) is 5.69 Å². The maximum Gasteiger partial charge on any atom is 0.147 e. The van der Waals surface area contributed by atoms with Crippen molar-refractivity contribution < 1.29 is 4.39 Å². The molecule has 0 atom stereocenters. The van der Waals surface area contributed by atoms with Crippen molar-refractivity contribution in [2.24, 2.45) is 4.99 Å². The number of nitrogens with one attached hydrogen (secondary N) is 1. The first-order valence-corrected chi connectivity index (χ1v) is 6.83. The van der Waals surface area contributed by atoms with E-state index >= 15 is 0 Å². The summed E-state index contributed by atoms with van der Waals surface area (Å²) in [6.45, 7) is 1.55. The van der Waals surface area contributed by atoms with Crippen LogP contribution < -0.4 is 5.32 Å². The quantitative estimate of drug-likeness (QED) is 0.783. The van der Waals surface area contributed by atoms with Gasteiger partial charge in [-0.25, -0.2) is 9.37 Å². The lowest BCUT2D eigenvalue weighted by molar-refractivity contribution is 0.619. The van der Waals surface area contributed by atoms with Gasteiger partial charge in [0, 0.05) is 12.1 Å². The minimum Gasteiger partial charge on any atom is -0.368 e. The zero-order chi connectivity index (χ0) is 14.2. The van der Waals surface area contributed by atoms with Gasteiger partial charge in [0.05, 0.1) is 23.3 Å². The zero-order valence-corrected chi connectivity index (χ0v) is 11.3. The third-order valence-electron chi connectivity index (χ3n) is 3.61. The van der Waals surface area contributed by atoms with Crippen LogP contribution in [0, 0.1) is 5.82 Å². The van der Waals surface area contributed by atoms with E-state index < -0.39 is 0 Å². The Bertz CT molecular complexity index is 850. The van der Waals surface area contributed by atoms with Crippen molar-refractivity contribution in [3.63, 3.8) is 0 Å². The molecule has 104 valence electrons. The molecule has 0 bridgehead atoms. The number of aliphatic imine (C=N–C) groups is 1. The number of nitrogens with zero attached hydrogens (tertiary/aromatic N) is 3. The number of imidazole rings is 1. The van der Waals surface area contributed by atoms with Crippen molar-refractivity contribution in [3.05, 3.63) is 60.2 Å². The van der Waals surface area contributed by atoms with Crippen LogP contribution in [0.2, 0.25) is 0 Å². The molecule has 1 aliphatic heterocycles. The summed E-state index contributed by atoms with van der Waals surface area (Å²) in [5.41, 5.74) is 3.01. The fourth-order valence-corrected chi connectivity index (χ4v) is 2.59. The van der Waals surface area contributed by atoms with Crippen LogP contribution in [0.4, 0.5) is 4.39 Å². The monoisotopic (exact) mass is 280 g/mol. The van der Waals surface area contributed by atoms with Crippen LogP contribution in [0.15, 0.2) is 53.8 Å². The SMILES string of the molecule is Fc1cc(C2=NCCN2)ccc1-n1cnc2ccccc21. The summed E-state index contributed by atoms with van der Waals surface area (Å²) in [4.78, 5) is 8.61. The number of hydrogen-bond donors (Lipinski definition) is 1. The minimum absolute atomic E-state index is 0.285. The second-order valence-electron chi connectivity index (χ2n) is 4.93. The molecular weight excluding hydrogens is 267 g/mol. The Hall–Kier alpha value is -2.69. The van der Waals surface area contributed by atoms with Crippen molar-refractivity contribution in [1.82, 2.24) is 14.9 Å². The van der Waals surface area contributed by atoms with E-state index in [2.05, 4.69) is 15.3 Å². The smallest absolute Gasteiger partial charge is 0.147 e. The lowest BCUT2D eigenvalue weighted by Gasteiger charge is -2.08. The average molecular weight is 280 g/mol. The molecule has 0 amide bonds. The minimum atomic E-state index is -0.285. The second kappa shape index (κ2) is 4.70. The van der Waals surface area contributed by atoms with E-state index in [1.54, 1.807) is 17.0 Å². The number of aromatic nitrogens is 2. The van der Waals surface area contributed by atoms with E-state index in [1.807, 2.05) is 30.3 Å². The molecule has 0 unspecified atom stereocenters. The van der Waals surface area contributed by atoms with Gasteiger partial charge in [-0.3, -0.25) is 9.56 Å². The first-order valence-electron chi connectivity index (χ1n) is 6.83. The van der Waals surface area contributed by atoms with Gasteiger partial charge in [0.25, 0.3) is 0 Å². The van der Waals surface area contributed by atoms with Gasteiger partial charge in [-0.2, -0.15) is 0 Å². The highest BCUT2D eigenvalue weighted by molar-refractivity contribution is 5.99. The van der Waals surface area contributed by atoms with Gasteiger partial charge < -0.3 is 5.32 Å². The lowest BCUT2D eigenvalue weighted by atomic mass is 10.1. The van der Waals surface area contributed by atoms with E-state index in [0.717, 1.165) is 35.5 Å². The molecule has 1 N–H and O–H groups in total. The Morgan fingerprint density at radius 1 is 1.14 bits per heavy atom. The Kier molecular flexibility index (Phi) is 2.70. The molecule has 0 aliphatic carbocycles. The summed E-state index contributed by atoms with van der Waals surface area (Å²) in [6, 6.07) is 12.8. The Labute approximate surface area is 121 Å². The third-order valence-corrected chi connectivity index (χ3v) is 3.61. The number of amidine groups is 1. The van der Waals surface area contributed by atoms with Gasteiger partial charge in [0.1, 0.15) is 18.0 Å². The number of para-hydroxylation sites is 2. The van der Waals surface area contributed by atoms with Crippen LogP contribution in [0.1, 0.15) is 5.56 Å². The number of rotatable bonds is 2. The van der Waals surface area contributed by atoms with Crippen molar-refractivity contribution >= 4 is 16.9 Å². The van der Waals surface area contributed by atoms with Crippen LogP contribution in [-0.4, -0.2) is 28.5 Å². The summed E-state index contributed by atoms with van der Waals surface area (Å²) in [5.74, 6) is 0.475. The average Bonchev–Trinajstić information content (AvgIpc) is 3.17. The molecule has 0 saturated heterocycles. The van der Waals surface area contributed by atoms with Gasteiger partial charge in [0.15, 0.2) is 0 Å². The fourth-order valence-electron chi connectivity index (χ4n) is 2.59. The third kappa shape index (κ3) is 1.98. The normalized spacial score (nSPS) is 14.2. The molecule has 0 spiro atoms. The molecule has 3 aromatic rings. The van der Waals surface area contributed by atoms with E-state index in [9.17, 15) is 4.39 Å². The fraction of sp³-hybridized carbons (Fsp3) is 0.125. The summed E-state index contributed by atoms with van der Waals surface area (Å²) in [5, 5.41) is 3.15. The molecule has 4 rings (SSSR count). The van der Waals surface area contributed by atoms with Crippen LogP contribution in [0.3, 0.4) is 0 Å². The maximum atomic E-state index is 14.5. The highest BCUT2D eigenvalue weighted by atomic mass is 19.1. The summed E-state index contributed by atoms with van der Waals surface area (Å²) in [6.07, 6.45) is 1.65. The van der Waals surface area contributed by atoms with Crippen LogP contribution in [-0.2, 0) is 0 Å². The van der Waals surface area contributed by atoms with E-state index in [-0.39, 0.29) is 5.82 Å². The predicted octanol–water partition coefficient (Wildman–Crippen LogP) is 2.51. The molecule has 4 nitrogen and oxygen atoms in total. The maximum absolute atomic E-state index is 14.5. The molecule has 0 saturated carbocycles. The van der Waals surface area contributed by atoms with Crippen molar-refractivity contribution in [3.8, 4) is 5.69 Å². The molecule has 5 heteroatoms. The van der Waals surface area contributed by atoms with Crippen LogP contribution in [0.5, 0.6) is 0 Å². The molecule has 2 heterocycles. The van der Waals surface area contributed by atoms with Crippen molar-refractivity contribution in [2.45, 2.75) is 0 Å². The number of fused-ring (bicyclic) bond motifs is 1. The lowest BCUT2D eigenvalue weighted by Crippen LogP contribution is -2.19. The summed E-state index contributed by atoms with van der Waals surface area (Å²) >= 11 is 0. The molecule has 0 fully saturated rings. The van der Waals surface area contributed by atoms with Crippen molar-refractivity contribution in [1.29, 1.82) is 0 Å². The van der Waals surface area contributed by atoms with Gasteiger partial charge in [-0.05, 0) is 30.3 Å². The van der Waals surface area contributed by atoms with Gasteiger partial charge in [-0.15, -0.1) is 0 Å². The standard InChI is InChI=1S/C16H13FN4/c17-12-9-11(16-18-7-8-19-16)5-6-14(12)21-10-20-13-3-1-2-4-15(13)21/h1-6,9-10H,7-8H2,(H,18,19). The molecular formula is C16H13FN4. The summed E-state index contributed by atoms with van der Waals surface area (Å²) in [7, 11) is 0. The number of halogens is 1.